The van der Waals surface area contributed by atoms with Crippen LogP contribution in [-0.2, 0) is 13.6 Å². The molecule has 0 aromatic carbocycles. The van der Waals surface area contributed by atoms with Gasteiger partial charge in [-0.1, -0.05) is 38.3 Å². The smallest absolute Gasteiger partial charge is 0.216 e. The second-order valence-electron chi connectivity index (χ2n) is 6.33. The largest absolute Gasteiger partial charge is 0.473 e. The molecule has 124 valence electrons. The average Bonchev–Trinajstić information content (AvgIpc) is 2.65. The van der Waals surface area contributed by atoms with Gasteiger partial charge in [-0.25, -0.2) is 4.68 Å². The van der Waals surface area contributed by atoms with Crippen LogP contribution in [0.1, 0.15) is 49.8 Å². The van der Waals surface area contributed by atoms with Crippen LogP contribution in [0.2, 0.25) is 0 Å². The number of nitrogens with one attached hydrogen (secondary N) is 1. The zero-order valence-electron chi connectivity index (χ0n) is 13.9. The van der Waals surface area contributed by atoms with Crippen LogP contribution in [-0.4, -0.2) is 33.6 Å². The SMILES string of the molecule is C=CCOc1c(CNCC2(O)CCCCCC2)c(C)nn1C. The fourth-order valence-corrected chi connectivity index (χ4v) is 3.19. The molecule has 2 rings (SSSR count). The van der Waals surface area contributed by atoms with E-state index in [0.29, 0.717) is 19.7 Å². The van der Waals surface area contributed by atoms with Gasteiger partial charge in [-0.05, 0) is 19.8 Å². The summed E-state index contributed by atoms with van der Waals surface area (Å²) in [4.78, 5) is 0. The van der Waals surface area contributed by atoms with Crippen molar-refractivity contribution >= 4 is 0 Å². The molecule has 1 saturated carbocycles. The first-order valence-corrected chi connectivity index (χ1v) is 8.25. The molecule has 1 aromatic rings. The lowest BCUT2D eigenvalue weighted by Crippen LogP contribution is -2.40. The number of aromatic nitrogens is 2. The van der Waals surface area contributed by atoms with E-state index in [0.717, 1.165) is 42.8 Å². The zero-order chi connectivity index (χ0) is 16.0. The van der Waals surface area contributed by atoms with Gasteiger partial charge in [-0.2, -0.15) is 5.10 Å². The van der Waals surface area contributed by atoms with E-state index in [1.165, 1.54) is 12.8 Å². The summed E-state index contributed by atoms with van der Waals surface area (Å²) in [5.74, 6) is 0.776. The van der Waals surface area contributed by atoms with Gasteiger partial charge in [-0.15, -0.1) is 0 Å². The number of aryl methyl sites for hydroxylation is 2. The highest BCUT2D eigenvalue weighted by molar-refractivity contribution is 5.31. The van der Waals surface area contributed by atoms with Crippen LogP contribution in [0.3, 0.4) is 0 Å². The summed E-state index contributed by atoms with van der Waals surface area (Å²) in [6, 6.07) is 0. The van der Waals surface area contributed by atoms with Gasteiger partial charge in [0.25, 0.3) is 0 Å². The van der Waals surface area contributed by atoms with Crippen molar-refractivity contribution in [2.24, 2.45) is 7.05 Å². The van der Waals surface area contributed by atoms with Crippen LogP contribution < -0.4 is 10.1 Å². The van der Waals surface area contributed by atoms with Gasteiger partial charge in [0.1, 0.15) is 6.61 Å². The Balaban J connectivity index is 1.94. The Morgan fingerprint density at radius 3 is 2.68 bits per heavy atom. The van der Waals surface area contributed by atoms with Crippen LogP contribution >= 0.6 is 0 Å². The van der Waals surface area contributed by atoms with Gasteiger partial charge in [0.05, 0.1) is 16.9 Å². The molecular formula is C17H29N3O2. The molecule has 5 heteroatoms. The highest BCUT2D eigenvalue weighted by Crippen LogP contribution is 2.27. The summed E-state index contributed by atoms with van der Waals surface area (Å²) in [7, 11) is 1.88. The van der Waals surface area contributed by atoms with Crippen molar-refractivity contribution in [3.63, 3.8) is 0 Å². The van der Waals surface area contributed by atoms with Crippen LogP contribution in [0.5, 0.6) is 5.88 Å². The maximum atomic E-state index is 10.7. The van der Waals surface area contributed by atoms with Crippen LogP contribution in [0.4, 0.5) is 0 Å². The normalized spacial score (nSPS) is 18.0. The number of rotatable bonds is 7. The molecule has 0 atom stereocenters. The van der Waals surface area contributed by atoms with Crippen LogP contribution in [0.15, 0.2) is 12.7 Å². The van der Waals surface area contributed by atoms with Gasteiger partial charge in [0, 0.05) is 20.1 Å². The molecule has 22 heavy (non-hydrogen) atoms. The van der Waals surface area contributed by atoms with E-state index in [1.54, 1.807) is 10.8 Å². The summed E-state index contributed by atoms with van der Waals surface area (Å²) in [6.07, 6.45) is 8.24. The standard InChI is InChI=1S/C17H29N3O2/c1-4-11-22-16-15(14(2)19-20(16)3)12-18-13-17(21)9-7-5-6-8-10-17/h4,18,21H,1,5-13H2,2-3H3. The maximum absolute atomic E-state index is 10.7. The monoisotopic (exact) mass is 307 g/mol. The van der Waals surface area contributed by atoms with Gasteiger partial charge < -0.3 is 15.2 Å². The third kappa shape index (κ3) is 4.34. The molecule has 1 aliphatic carbocycles. The lowest BCUT2D eigenvalue weighted by molar-refractivity contribution is 0.0250. The van der Waals surface area contributed by atoms with Crippen molar-refractivity contribution < 1.29 is 9.84 Å². The number of ether oxygens (including phenoxy) is 1. The first-order chi connectivity index (χ1) is 10.6. The Bertz CT molecular complexity index is 488. The first-order valence-electron chi connectivity index (χ1n) is 8.25. The van der Waals surface area contributed by atoms with Gasteiger partial charge in [0.15, 0.2) is 0 Å². The number of aliphatic hydroxyl groups is 1. The minimum atomic E-state index is -0.561. The molecule has 0 bridgehead atoms. The van der Waals surface area contributed by atoms with E-state index in [1.807, 2.05) is 14.0 Å². The molecule has 0 saturated heterocycles. The molecule has 0 spiro atoms. The number of hydrogen-bond acceptors (Lipinski definition) is 4. The summed E-state index contributed by atoms with van der Waals surface area (Å²) in [6.45, 7) is 7.42. The van der Waals surface area contributed by atoms with Crippen molar-refractivity contribution in [1.82, 2.24) is 15.1 Å². The van der Waals surface area contributed by atoms with E-state index in [-0.39, 0.29) is 0 Å². The number of nitrogens with zero attached hydrogens (tertiary/aromatic N) is 2. The van der Waals surface area contributed by atoms with Crippen molar-refractivity contribution in [3.05, 3.63) is 23.9 Å². The Kier molecular flexibility index (Phi) is 6.03. The quantitative estimate of drug-likeness (QED) is 0.600. The molecule has 1 heterocycles. The van der Waals surface area contributed by atoms with Crippen LogP contribution in [0.25, 0.3) is 0 Å². The second kappa shape index (κ2) is 7.79. The van der Waals surface area contributed by atoms with E-state index in [9.17, 15) is 5.11 Å². The van der Waals surface area contributed by atoms with Gasteiger partial charge in [0.2, 0.25) is 5.88 Å². The topological polar surface area (TPSA) is 59.3 Å². The first kappa shape index (κ1) is 17.0. The summed E-state index contributed by atoms with van der Waals surface area (Å²) in [5, 5.41) is 18.5. The molecule has 0 amide bonds. The van der Waals surface area contributed by atoms with Crippen molar-refractivity contribution in [2.45, 2.75) is 57.6 Å². The zero-order valence-corrected chi connectivity index (χ0v) is 13.9. The Hall–Kier alpha value is -1.33. The third-order valence-corrected chi connectivity index (χ3v) is 4.42. The molecule has 5 nitrogen and oxygen atoms in total. The predicted octanol–water partition coefficient (Wildman–Crippen LogP) is 2.47. The second-order valence-corrected chi connectivity index (χ2v) is 6.33. The van der Waals surface area contributed by atoms with E-state index >= 15 is 0 Å². The van der Waals surface area contributed by atoms with Gasteiger partial charge >= 0.3 is 0 Å². The van der Waals surface area contributed by atoms with E-state index < -0.39 is 5.60 Å². The van der Waals surface area contributed by atoms with Crippen LogP contribution in [0, 0.1) is 6.92 Å². The number of hydrogen-bond donors (Lipinski definition) is 2. The molecular weight excluding hydrogens is 278 g/mol. The molecule has 2 N–H and O–H groups in total. The van der Waals surface area contributed by atoms with Crippen molar-refractivity contribution in [3.8, 4) is 5.88 Å². The average molecular weight is 307 g/mol. The van der Waals surface area contributed by atoms with E-state index in [2.05, 4.69) is 17.0 Å². The molecule has 0 radical (unpaired) electrons. The molecule has 0 unspecified atom stereocenters. The summed E-state index contributed by atoms with van der Waals surface area (Å²) in [5.41, 5.74) is 1.46. The fraction of sp³-hybridized carbons (Fsp3) is 0.706. The molecule has 1 aromatic heterocycles. The minimum Gasteiger partial charge on any atom is -0.473 e. The molecule has 1 fully saturated rings. The molecule has 0 aliphatic heterocycles. The third-order valence-electron chi connectivity index (χ3n) is 4.42. The van der Waals surface area contributed by atoms with Gasteiger partial charge in [-0.3, -0.25) is 0 Å². The fourth-order valence-electron chi connectivity index (χ4n) is 3.19. The Morgan fingerprint density at radius 2 is 2.05 bits per heavy atom. The minimum absolute atomic E-state index is 0.468. The maximum Gasteiger partial charge on any atom is 0.216 e. The van der Waals surface area contributed by atoms with Crippen molar-refractivity contribution in [2.75, 3.05) is 13.2 Å². The highest BCUT2D eigenvalue weighted by Gasteiger charge is 2.27. The predicted molar refractivity (Wildman–Crippen MR) is 88.0 cm³/mol. The Morgan fingerprint density at radius 1 is 1.36 bits per heavy atom. The lowest BCUT2D eigenvalue weighted by Gasteiger charge is -2.27. The summed E-state index contributed by atoms with van der Waals surface area (Å²) >= 11 is 0. The molecule has 1 aliphatic rings. The highest BCUT2D eigenvalue weighted by atomic mass is 16.5. The van der Waals surface area contributed by atoms with E-state index in [4.69, 9.17) is 4.74 Å². The lowest BCUT2D eigenvalue weighted by atomic mass is 9.94. The Labute approximate surface area is 133 Å². The van der Waals surface area contributed by atoms with Crippen molar-refractivity contribution in [1.29, 1.82) is 0 Å². The summed E-state index contributed by atoms with van der Waals surface area (Å²) < 4.78 is 7.47.